The standard InChI is InChI=1S/C17H17FN4.HI/c18-13-6-7-16-15(10-13)12(11-21-16)8-9-20-17(19)22-14-4-2-1-3-5-14;/h1-7,10-11,21H,8-9H2,(H3,19,20,22);1H. The average Bonchev–Trinajstić information content (AvgIpc) is 2.91. The SMILES string of the molecule is I.NC(=NCCc1c[nH]c2ccc(F)cc12)Nc1ccccc1. The Hall–Kier alpha value is -2.09. The van der Waals surface area contributed by atoms with Crippen molar-refractivity contribution in [2.24, 2.45) is 10.7 Å². The van der Waals surface area contributed by atoms with Crippen LogP contribution >= 0.6 is 24.0 Å². The molecule has 0 aliphatic rings. The maximum absolute atomic E-state index is 13.3. The van der Waals surface area contributed by atoms with Gasteiger partial charge in [-0.25, -0.2) is 4.39 Å². The molecule has 3 aromatic rings. The fraction of sp³-hybridized carbons (Fsp3) is 0.118. The van der Waals surface area contributed by atoms with Crippen LogP contribution in [0.1, 0.15) is 5.56 Å². The zero-order valence-corrected chi connectivity index (χ0v) is 14.8. The average molecular weight is 424 g/mol. The molecule has 0 atom stereocenters. The number of aromatic amines is 1. The summed E-state index contributed by atoms with van der Waals surface area (Å²) in [6.45, 7) is 0.537. The smallest absolute Gasteiger partial charge is 0.193 e. The molecule has 0 fully saturated rings. The lowest BCUT2D eigenvalue weighted by Gasteiger charge is -2.05. The molecular weight excluding hydrogens is 406 g/mol. The highest BCUT2D eigenvalue weighted by atomic mass is 127. The Bertz CT molecular complexity index is 799. The van der Waals surface area contributed by atoms with Crippen molar-refractivity contribution in [3.63, 3.8) is 0 Å². The van der Waals surface area contributed by atoms with Crippen LogP contribution in [0.4, 0.5) is 10.1 Å². The van der Waals surface area contributed by atoms with Crippen molar-refractivity contribution >= 4 is 46.5 Å². The molecule has 0 aliphatic carbocycles. The van der Waals surface area contributed by atoms with Gasteiger partial charge in [0.05, 0.1) is 0 Å². The Labute approximate surface area is 151 Å². The first-order valence-electron chi connectivity index (χ1n) is 7.10. The quantitative estimate of drug-likeness (QED) is 0.338. The molecule has 1 aromatic heterocycles. The summed E-state index contributed by atoms with van der Waals surface area (Å²) in [7, 11) is 0. The van der Waals surface area contributed by atoms with Gasteiger partial charge >= 0.3 is 0 Å². The summed E-state index contributed by atoms with van der Waals surface area (Å²) in [5.41, 5.74) is 8.71. The highest BCUT2D eigenvalue weighted by Gasteiger charge is 2.04. The first-order chi connectivity index (χ1) is 10.7. The number of H-pyrrole nitrogens is 1. The summed E-state index contributed by atoms with van der Waals surface area (Å²) in [6.07, 6.45) is 2.58. The Morgan fingerprint density at radius 3 is 2.74 bits per heavy atom. The molecule has 23 heavy (non-hydrogen) atoms. The van der Waals surface area contributed by atoms with Gasteiger partial charge in [0, 0.05) is 29.3 Å². The number of aliphatic imine (C=N–C) groups is 1. The summed E-state index contributed by atoms with van der Waals surface area (Å²) >= 11 is 0. The molecule has 3 rings (SSSR count). The largest absolute Gasteiger partial charge is 0.370 e. The molecule has 2 aromatic carbocycles. The zero-order valence-electron chi connectivity index (χ0n) is 12.4. The molecule has 0 saturated heterocycles. The van der Waals surface area contributed by atoms with Crippen LogP contribution in [0.25, 0.3) is 10.9 Å². The number of hydrogen-bond donors (Lipinski definition) is 3. The molecule has 0 bridgehead atoms. The number of anilines is 1. The van der Waals surface area contributed by atoms with Crippen molar-refractivity contribution in [1.29, 1.82) is 0 Å². The minimum Gasteiger partial charge on any atom is -0.370 e. The lowest BCUT2D eigenvalue weighted by molar-refractivity contribution is 0.629. The lowest BCUT2D eigenvalue weighted by Crippen LogP contribution is -2.22. The van der Waals surface area contributed by atoms with E-state index < -0.39 is 0 Å². The second-order valence-electron chi connectivity index (χ2n) is 5.01. The molecule has 0 spiro atoms. The number of hydrogen-bond acceptors (Lipinski definition) is 1. The number of fused-ring (bicyclic) bond motifs is 1. The van der Waals surface area contributed by atoms with E-state index in [9.17, 15) is 4.39 Å². The third kappa shape index (κ3) is 4.44. The highest BCUT2D eigenvalue weighted by molar-refractivity contribution is 14.0. The Morgan fingerprint density at radius 2 is 1.96 bits per heavy atom. The number of benzene rings is 2. The van der Waals surface area contributed by atoms with E-state index in [2.05, 4.69) is 15.3 Å². The van der Waals surface area contributed by atoms with Crippen molar-refractivity contribution in [2.75, 3.05) is 11.9 Å². The summed E-state index contributed by atoms with van der Waals surface area (Å²) in [5, 5.41) is 3.92. The van der Waals surface area contributed by atoms with Crippen LogP contribution in [0.2, 0.25) is 0 Å². The minimum atomic E-state index is -0.234. The van der Waals surface area contributed by atoms with Crippen molar-refractivity contribution in [3.05, 3.63) is 66.1 Å². The molecule has 0 amide bonds. The van der Waals surface area contributed by atoms with Crippen molar-refractivity contribution < 1.29 is 4.39 Å². The lowest BCUT2D eigenvalue weighted by atomic mass is 10.1. The Kier molecular flexibility index (Phi) is 5.97. The normalized spacial score (nSPS) is 11.3. The third-order valence-electron chi connectivity index (χ3n) is 3.44. The van der Waals surface area contributed by atoms with Crippen LogP contribution in [-0.2, 0) is 6.42 Å². The molecule has 4 N–H and O–H groups in total. The van der Waals surface area contributed by atoms with Crippen LogP contribution in [0, 0.1) is 5.82 Å². The van der Waals surface area contributed by atoms with Gasteiger partial charge < -0.3 is 16.0 Å². The van der Waals surface area contributed by atoms with Crippen LogP contribution in [0.15, 0.2) is 59.7 Å². The first kappa shape index (κ1) is 17.3. The van der Waals surface area contributed by atoms with Crippen LogP contribution in [0.3, 0.4) is 0 Å². The minimum absolute atomic E-state index is 0. The van der Waals surface area contributed by atoms with E-state index in [1.807, 2.05) is 36.5 Å². The van der Waals surface area contributed by atoms with Crippen molar-refractivity contribution in [2.45, 2.75) is 6.42 Å². The Morgan fingerprint density at radius 1 is 1.17 bits per heavy atom. The van der Waals surface area contributed by atoms with Gasteiger partial charge in [0.2, 0.25) is 0 Å². The number of nitrogens with zero attached hydrogens (tertiary/aromatic N) is 1. The molecule has 6 heteroatoms. The number of nitrogens with two attached hydrogens (primary N) is 1. The van der Waals surface area contributed by atoms with Crippen molar-refractivity contribution in [1.82, 2.24) is 4.98 Å². The Balaban J connectivity index is 0.00000192. The van der Waals surface area contributed by atoms with Crippen LogP contribution in [-0.4, -0.2) is 17.5 Å². The number of rotatable bonds is 4. The van der Waals surface area contributed by atoms with E-state index >= 15 is 0 Å². The molecule has 0 aliphatic heterocycles. The number of para-hydroxylation sites is 1. The maximum Gasteiger partial charge on any atom is 0.193 e. The third-order valence-corrected chi connectivity index (χ3v) is 3.44. The molecular formula is C17H18FIN4. The fourth-order valence-electron chi connectivity index (χ4n) is 2.36. The first-order valence-corrected chi connectivity index (χ1v) is 7.10. The highest BCUT2D eigenvalue weighted by Crippen LogP contribution is 2.19. The van der Waals surface area contributed by atoms with Gasteiger partial charge in [-0.2, -0.15) is 0 Å². The van der Waals surface area contributed by atoms with E-state index in [1.54, 1.807) is 6.07 Å². The van der Waals surface area contributed by atoms with Gasteiger partial charge in [-0.3, -0.25) is 4.99 Å². The monoisotopic (exact) mass is 424 g/mol. The number of nitrogens with one attached hydrogen (secondary N) is 2. The summed E-state index contributed by atoms with van der Waals surface area (Å²) < 4.78 is 13.3. The van der Waals surface area contributed by atoms with Gasteiger partial charge in [-0.15, -0.1) is 24.0 Å². The van der Waals surface area contributed by atoms with Crippen LogP contribution < -0.4 is 11.1 Å². The van der Waals surface area contributed by atoms with E-state index in [1.165, 1.54) is 12.1 Å². The maximum atomic E-state index is 13.3. The second-order valence-corrected chi connectivity index (χ2v) is 5.01. The van der Waals surface area contributed by atoms with E-state index in [4.69, 9.17) is 5.73 Å². The van der Waals surface area contributed by atoms with Gasteiger partial charge in [-0.05, 0) is 42.3 Å². The topological polar surface area (TPSA) is 66.2 Å². The van der Waals surface area contributed by atoms with Gasteiger partial charge in [0.1, 0.15) is 5.82 Å². The van der Waals surface area contributed by atoms with E-state index in [0.717, 1.165) is 22.2 Å². The summed E-state index contributed by atoms with van der Waals surface area (Å²) in [5.74, 6) is 0.138. The van der Waals surface area contributed by atoms with Crippen LogP contribution in [0.5, 0.6) is 0 Å². The van der Waals surface area contributed by atoms with Gasteiger partial charge in [-0.1, -0.05) is 18.2 Å². The summed E-state index contributed by atoms with van der Waals surface area (Å²) in [4.78, 5) is 7.43. The molecule has 0 radical (unpaired) electrons. The predicted molar refractivity (Wildman–Crippen MR) is 104 cm³/mol. The molecule has 0 saturated carbocycles. The molecule has 120 valence electrons. The number of guanidine groups is 1. The van der Waals surface area contributed by atoms with Crippen molar-refractivity contribution in [3.8, 4) is 0 Å². The van der Waals surface area contributed by atoms with Gasteiger partial charge in [0.25, 0.3) is 0 Å². The molecule has 0 unspecified atom stereocenters. The van der Waals surface area contributed by atoms with E-state index in [-0.39, 0.29) is 29.8 Å². The molecule has 4 nitrogen and oxygen atoms in total. The number of aromatic nitrogens is 1. The zero-order chi connectivity index (χ0) is 15.4. The summed E-state index contributed by atoms with van der Waals surface area (Å²) in [6, 6.07) is 14.4. The van der Waals surface area contributed by atoms with Gasteiger partial charge in [0.15, 0.2) is 5.96 Å². The second kappa shape index (κ2) is 7.96. The molecule has 1 heterocycles. The van der Waals surface area contributed by atoms with E-state index in [0.29, 0.717) is 18.9 Å². The fourth-order valence-corrected chi connectivity index (χ4v) is 2.36. The number of halogens is 2. The predicted octanol–water partition coefficient (Wildman–Crippen LogP) is 3.89.